The van der Waals surface area contributed by atoms with Gasteiger partial charge in [0.1, 0.15) is 12.2 Å². The summed E-state index contributed by atoms with van der Waals surface area (Å²) in [6.07, 6.45) is 2.50. The molecule has 0 spiro atoms. The fourth-order valence-electron chi connectivity index (χ4n) is 5.30. The number of sulfonamides is 1. The quantitative estimate of drug-likeness (QED) is 0.315. The summed E-state index contributed by atoms with van der Waals surface area (Å²) in [5.74, 6) is 0.421. The number of nitrogens with one attached hydrogen (secondary N) is 1. The third-order valence-corrected chi connectivity index (χ3v) is 9.68. The van der Waals surface area contributed by atoms with Crippen molar-refractivity contribution in [3.63, 3.8) is 0 Å². The highest BCUT2D eigenvalue weighted by atomic mass is 32.2. The topological polar surface area (TPSA) is 157 Å². The number of fused-ring (bicyclic) bond motifs is 1. The van der Waals surface area contributed by atoms with Crippen LogP contribution in [-0.4, -0.2) is 71.0 Å². The maximum Gasteiger partial charge on any atom is 0.281 e. The summed E-state index contributed by atoms with van der Waals surface area (Å²) in [4.78, 5) is 20.7. The number of aromatic nitrogens is 9. The molecule has 0 saturated carbocycles. The molecule has 0 atom stereocenters. The Labute approximate surface area is 242 Å². The molecule has 0 radical (unpaired) electrons. The second kappa shape index (κ2) is 10.5. The minimum Gasteiger partial charge on any atom is -0.308 e. The van der Waals surface area contributed by atoms with Crippen molar-refractivity contribution in [3.8, 4) is 5.69 Å². The van der Waals surface area contributed by atoms with Crippen molar-refractivity contribution >= 4 is 21.2 Å². The van der Waals surface area contributed by atoms with Crippen LogP contribution in [0.1, 0.15) is 62.0 Å². The second-order valence-electron chi connectivity index (χ2n) is 11.7. The second-order valence-corrected chi connectivity index (χ2v) is 13.6. The van der Waals surface area contributed by atoms with Crippen LogP contribution in [0, 0.1) is 6.92 Å². The maximum absolute atomic E-state index is 13.5. The van der Waals surface area contributed by atoms with Crippen molar-refractivity contribution in [1.82, 2.24) is 49.5 Å². The zero-order chi connectivity index (χ0) is 29.6. The highest BCUT2D eigenvalue weighted by Gasteiger charge is 2.32. The van der Waals surface area contributed by atoms with Crippen LogP contribution in [0.3, 0.4) is 0 Å². The first-order valence-corrected chi connectivity index (χ1v) is 15.2. The number of benzene rings is 2. The van der Waals surface area contributed by atoms with E-state index >= 15 is 0 Å². The molecule has 0 amide bonds. The van der Waals surface area contributed by atoms with Crippen molar-refractivity contribution < 1.29 is 8.42 Å². The van der Waals surface area contributed by atoms with E-state index in [2.05, 4.69) is 75.9 Å². The molecule has 1 aliphatic heterocycles. The monoisotopic (exact) mass is 588 g/mol. The minimum absolute atomic E-state index is 0.0528. The van der Waals surface area contributed by atoms with Gasteiger partial charge in [-0.3, -0.25) is 4.79 Å². The van der Waals surface area contributed by atoms with E-state index in [1.807, 2.05) is 6.92 Å². The Morgan fingerprint density at radius 3 is 2.40 bits per heavy atom. The van der Waals surface area contributed by atoms with Gasteiger partial charge in [-0.25, -0.2) is 22.8 Å². The molecule has 218 valence electrons. The van der Waals surface area contributed by atoms with Crippen LogP contribution in [0.15, 0.2) is 58.5 Å². The summed E-state index contributed by atoms with van der Waals surface area (Å²) in [5, 5.41) is 19.4. The Morgan fingerprint density at radius 2 is 1.76 bits per heavy atom. The molecule has 0 aliphatic carbocycles. The van der Waals surface area contributed by atoms with Crippen molar-refractivity contribution in [2.45, 2.75) is 63.3 Å². The van der Waals surface area contributed by atoms with Gasteiger partial charge in [0, 0.05) is 19.0 Å². The Hall–Kier alpha value is -4.30. The summed E-state index contributed by atoms with van der Waals surface area (Å²) >= 11 is 0. The molecule has 14 heteroatoms. The highest BCUT2D eigenvalue weighted by molar-refractivity contribution is 7.89. The first-order chi connectivity index (χ1) is 20.0. The van der Waals surface area contributed by atoms with Crippen molar-refractivity contribution in [2.24, 2.45) is 0 Å². The summed E-state index contributed by atoms with van der Waals surface area (Å²) in [6.45, 7) is 9.37. The van der Waals surface area contributed by atoms with Gasteiger partial charge in [0.05, 0.1) is 17.1 Å². The van der Waals surface area contributed by atoms with Crippen LogP contribution in [0.2, 0.25) is 0 Å². The van der Waals surface area contributed by atoms with Gasteiger partial charge in [0.2, 0.25) is 10.0 Å². The van der Waals surface area contributed by atoms with Crippen molar-refractivity contribution in [3.05, 3.63) is 81.7 Å². The van der Waals surface area contributed by atoms with E-state index in [-0.39, 0.29) is 27.3 Å². The van der Waals surface area contributed by atoms with Crippen LogP contribution in [-0.2, 0) is 22.0 Å². The largest absolute Gasteiger partial charge is 0.308 e. The van der Waals surface area contributed by atoms with Crippen LogP contribution in [0.5, 0.6) is 0 Å². The molecule has 1 saturated heterocycles. The van der Waals surface area contributed by atoms with Gasteiger partial charge >= 0.3 is 0 Å². The molecule has 0 unspecified atom stereocenters. The average molecular weight is 589 g/mol. The van der Waals surface area contributed by atoms with E-state index < -0.39 is 10.0 Å². The zero-order valence-electron chi connectivity index (χ0n) is 23.9. The van der Waals surface area contributed by atoms with E-state index in [1.165, 1.54) is 20.9 Å². The molecule has 1 fully saturated rings. The van der Waals surface area contributed by atoms with Gasteiger partial charge in [-0.1, -0.05) is 50.3 Å². The van der Waals surface area contributed by atoms with Gasteiger partial charge in [-0.05, 0) is 70.5 Å². The first-order valence-electron chi connectivity index (χ1n) is 13.8. The van der Waals surface area contributed by atoms with Crippen LogP contribution in [0.4, 0.5) is 0 Å². The molecule has 0 bridgehead atoms. The number of aryl methyl sites for hydroxylation is 1. The number of hydrogen-bond acceptors (Lipinski definition) is 9. The van der Waals surface area contributed by atoms with E-state index in [9.17, 15) is 13.2 Å². The van der Waals surface area contributed by atoms with Crippen LogP contribution < -0.4 is 5.56 Å². The maximum atomic E-state index is 13.5. The van der Waals surface area contributed by atoms with E-state index in [1.54, 1.807) is 22.9 Å². The predicted molar refractivity (Wildman–Crippen MR) is 155 cm³/mol. The number of H-pyrrole nitrogens is 1. The van der Waals surface area contributed by atoms with Crippen LogP contribution >= 0.6 is 0 Å². The fourth-order valence-corrected chi connectivity index (χ4v) is 6.86. The number of nitrogens with zero attached hydrogens (tertiary/aromatic N) is 9. The molecular weight excluding hydrogens is 556 g/mol. The van der Waals surface area contributed by atoms with Crippen molar-refractivity contribution in [1.29, 1.82) is 0 Å². The number of aromatic amines is 1. The number of hydrogen-bond donors (Lipinski definition) is 1. The SMILES string of the molecule is Cc1cc(S(=O)(=O)N2CCC(c3nc4c(nnn4Cc4ccc(C(C)(C)C)cc4)c(=O)[nH]3)CC2)ccc1-n1cnnn1. The summed E-state index contributed by atoms with van der Waals surface area (Å²) in [6, 6.07) is 13.2. The molecule has 5 aromatic rings. The number of tetrazole rings is 1. The summed E-state index contributed by atoms with van der Waals surface area (Å²) < 4.78 is 31.5. The van der Waals surface area contributed by atoms with Crippen molar-refractivity contribution in [2.75, 3.05) is 13.1 Å². The minimum atomic E-state index is -3.71. The number of piperidine rings is 1. The predicted octanol–water partition coefficient (Wildman–Crippen LogP) is 2.71. The third kappa shape index (κ3) is 5.23. The first kappa shape index (κ1) is 27.8. The Kier molecular flexibility index (Phi) is 6.97. The summed E-state index contributed by atoms with van der Waals surface area (Å²) in [5.41, 5.74) is 4.01. The van der Waals surface area contributed by atoms with Gasteiger partial charge in [-0.15, -0.1) is 10.2 Å². The third-order valence-electron chi connectivity index (χ3n) is 7.79. The van der Waals surface area contributed by atoms with E-state index in [4.69, 9.17) is 4.98 Å². The smallest absolute Gasteiger partial charge is 0.281 e. The molecule has 6 rings (SSSR count). The Balaban J connectivity index is 1.18. The fraction of sp³-hybridized carbons (Fsp3) is 0.393. The molecular formula is C28H32N10O3S. The molecule has 1 N–H and O–H groups in total. The van der Waals surface area contributed by atoms with Gasteiger partial charge in [0.25, 0.3) is 5.56 Å². The summed E-state index contributed by atoms with van der Waals surface area (Å²) in [7, 11) is -3.71. The highest BCUT2D eigenvalue weighted by Crippen LogP contribution is 2.30. The zero-order valence-corrected chi connectivity index (χ0v) is 24.7. The van der Waals surface area contributed by atoms with E-state index in [0.717, 1.165) is 11.1 Å². The normalized spacial score (nSPS) is 15.4. The average Bonchev–Trinajstić information content (AvgIpc) is 3.64. The Morgan fingerprint density at radius 1 is 1.02 bits per heavy atom. The molecule has 42 heavy (non-hydrogen) atoms. The molecule has 4 heterocycles. The lowest BCUT2D eigenvalue weighted by Gasteiger charge is -2.30. The lowest BCUT2D eigenvalue weighted by atomic mass is 9.87. The van der Waals surface area contributed by atoms with Crippen LogP contribution in [0.25, 0.3) is 16.9 Å². The number of rotatable bonds is 6. The van der Waals surface area contributed by atoms with Gasteiger partial charge < -0.3 is 4.98 Å². The van der Waals surface area contributed by atoms with Gasteiger partial charge in [0.15, 0.2) is 11.2 Å². The van der Waals surface area contributed by atoms with Gasteiger partial charge in [-0.2, -0.15) is 4.31 Å². The molecule has 2 aromatic carbocycles. The standard InChI is InChI=1S/C28H32N10O3S/c1-18-15-22(9-10-23(18)38-17-29-33-35-38)42(40,41)36-13-11-20(12-14-36)25-30-26-24(27(39)31-25)32-34-37(26)16-19-5-7-21(8-6-19)28(2,3)4/h5-10,15,17,20H,11-14,16H2,1-4H3,(H,30,31,39). The lowest BCUT2D eigenvalue weighted by Crippen LogP contribution is -2.38. The Bertz CT molecular complexity index is 1900. The molecule has 13 nitrogen and oxygen atoms in total. The molecule has 1 aliphatic rings. The van der Waals surface area contributed by atoms with E-state index in [0.29, 0.717) is 49.6 Å². The molecule has 3 aromatic heterocycles. The lowest BCUT2D eigenvalue weighted by molar-refractivity contribution is 0.313.